The maximum atomic E-state index is 12.4. The van der Waals surface area contributed by atoms with Gasteiger partial charge in [0.1, 0.15) is 5.25 Å². The lowest BCUT2D eigenvalue weighted by Gasteiger charge is -2.13. The second-order valence-corrected chi connectivity index (χ2v) is 6.49. The average molecular weight is 362 g/mol. The van der Waals surface area contributed by atoms with Gasteiger partial charge in [0.2, 0.25) is 11.8 Å². The molecule has 1 aromatic heterocycles. The van der Waals surface area contributed by atoms with E-state index in [4.69, 9.17) is 11.6 Å². The first-order chi connectivity index (χ1) is 11.6. The van der Waals surface area contributed by atoms with Crippen molar-refractivity contribution in [2.45, 2.75) is 11.7 Å². The maximum absolute atomic E-state index is 12.4. The van der Waals surface area contributed by atoms with E-state index in [2.05, 4.69) is 10.3 Å². The number of carbonyl (C=O) groups is 3. The van der Waals surface area contributed by atoms with Crippen molar-refractivity contribution in [3.8, 4) is 0 Å². The highest BCUT2D eigenvalue weighted by Gasteiger charge is 2.41. The van der Waals surface area contributed by atoms with Gasteiger partial charge in [-0.15, -0.1) is 0 Å². The van der Waals surface area contributed by atoms with E-state index in [1.54, 1.807) is 42.5 Å². The summed E-state index contributed by atoms with van der Waals surface area (Å²) in [4.78, 5) is 41.6. The van der Waals surface area contributed by atoms with Crippen LogP contribution in [-0.4, -0.2) is 27.3 Å². The SMILES string of the molecule is O=C(C[C@@H]1SC(=O)N(c2ccccc2)C1=O)Nc1cccnc1Cl. The second-order valence-electron chi connectivity index (χ2n) is 4.98. The number of benzene rings is 1. The van der Waals surface area contributed by atoms with Gasteiger partial charge < -0.3 is 5.32 Å². The normalized spacial score (nSPS) is 17.2. The van der Waals surface area contributed by atoms with E-state index >= 15 is 0 Å². The zero-order chi connectivity index (χ0) is 17.1. The third-order valence-electron chi connectivity index (χ3n) is 3.34. The Morgan fingerprint density at radius 2 is 1.96 bits per heavy atom. The third-order valence-corrected chi connectivity index (χ3v) is 4.68. The standard InChI is InChI=1S/C16H12ClN3O3S/c17-14-11(7-4-8-18-14)19-13(21)9-12-15(22)20(16(23)24-12)10-5-2-1-3-6-10/h1-8,12H,9H2,(H,19,21)/t12-/m0/s1. The lowest BCUT2D eigenvalue weighted by molar-refractivity contribution is -0.121. The molecular formula is C16H12ClN3O3S. The zero-order valence-corrected chi connectivity index (χ0v) is 13.9. The number of hydrogen-bond acceptors (Lipinski definition) is 5. The van der Waals surface area contributed by atoms with E-state index < -0.39 is 17.1 Å². The van der Waals surface area contributed by atoms with Crippen molar-refractivity contribution in [3.63, 3.8) is 0 Å². The minimum Gasteiger partial charge on any atom is -0.323 e. The monoisotopic (exact) mass is 361 g/mol. The summed E-state index contributed by atoms with van der Waals surface area (Å²) in [6.45, 7) is 0. The molecule has 8 heteroatoms. The molecule has 2 aromatic rings. The third kappa shape index (κ3) is 3.42. The number of aromatic nitrogens is 1. The van der Waals surface area contributed by atoms with E-state index in [9.17, 15) is 14.4 Å². The molecule has 1 saturated heterocycles. The van der Waals surface area contributed by atoms with Gasteiger partial charge in [-0.3, -0.25) is 14.4 Å². The van der Waals surface area contributed by atoms with Crippen LogP contribution in [0.4, 0.5) is 16.2 Å². The number of nitrogens with one attached hydrogen (secondary N) is 1. The molecule has 24 heavy (non-hydrogen) atoms. The molecule has 1 aliphatic heterocycles. The fourth-order valence-corrected chi connectivity index (χ4v) is 3.40. The molecule has 0 saturated carbocycles. The topological polar surface area (TPSA) is 79.4 Å². The highest BCUT2D eigenvalue weighted by molar-refractivity contribution is 8.15. The van der Waals surface area contributed by atoms with Crippen LogP contribution in [-0.2, 0) is 9.59 Å². The van der Waals surface area contributed by atoms with Crippen LogP contribution in [0.1, 0.15) is 6.42 Å². The van der Waals surface area contributed by atoms with Gasteiger partial charge in [-0.25, -0.2) is 9.88 Å². The molecule has 1 atom stereocenters. The van der Waals surface area contributed by atoms with Crippen LogP contribution >= 0.6 is 23.4 Å². The number of rotatable bonds is 4. The van der Waals surface area contributed by atoms with Crippen molar-refractivity contribution in [1.29, 1.82) is 0 Å². The van der Waals surface area contributed by atoms with E-state index in [0.717, 1.165) is 16.7 Å². The predicted molar refractivity (Wildman–Crippen MR) is 93.2 cm³/mol. The van der Waals surface area contributed by atoms with E-state index in [-0.39, 0.29) is 16.8 Å². The molecule has 6 nitrogen and oxygen atoms in total. The van der Waals surface area contributed by atoms with Crippen molar-refractivity contribution in [2.24, 2.45) is 0 Å². The van der Waals surface area contributed by atoms with Crippen LogP contribution in [0.3, 0.4) is 0 Å². The van der Waals surface area contributed by atoms with Crippen LogP contribution in [0.2, 0.25) is 5.15 Å². The van der Waals surface area contributed by atoms with Crippen LogP contribution in [0.25, 0.3) is 0 Å². The summed E-state index contributed by atoms with van der Waals surface area (Å²) in [6.07, 6.45) is 1.38. The molecule has 3 rings (SSSR count). The predicted octanol–water partition coefficient (Wildman–Crippen LogP) is 3.33. The number of pyridine rings is 1. The molecule has 0 spiro atoms. The molecule has 1 aliphatic rings. The van der Waals surface area contributed by atoms with Crippen LogP contribution in [0.15, 0.2) is 48.7 Å². The first-order valence-corrected chi connectivity index (χ1v) is 8.32. The molecular weight excluding hydrogens is 350 g/mol. The average Bonchev–Trinajstić information content (AvgIpc) is 2.84. The van der Waals surface area contributed by atoms with Crippen molar-refractivity contribution in [2.75, 3.05) is 10.2 Å². The fourth-order valence-electron chi connectivity index (χ4n) is 2.25. The second kappa shape index (κ2) is 7.02. The first kappa shape index (κ1) is 16.5. The number of carbonyl (C=O) groups excluding carboxylic acids is 3. The minimum absolute atomic E-state index is 0.121. The van der Waals surface area contributed by atoms with Gasteiger partial charge in [0, 0.05) is 12.6 Å². The van der Waals surface area contributed by atoms with Gasteiger partial charge in [0.15, 0.2) is 5.15 Å². The highest BCUT2D eigenvalue weighted by Crippen LogP contribution is 2.33. The molecule has 0 bridgehead atoms. The summed E-state index contributed by atoms with van der Waals surface area (Å²) in [5.74, 6) is -0.804. The van der Waals surface area contributed by atoms with Crippen molar-refractivity contribution in [3.05, 3.63) is 53.8 Å². The number of imide groups is 1. The summed E-state index contributed by atoms with van der Waals surface area (Å²) < 4.78 is 0. The van der Waals surface area contributed by atoms with Crippen LogP contribution < -0.4 is 10.2 Å². The Morgan fingerprint density at radius 3 is 2.67 bits per heavy atom. The Labute approximate surface area is 147 Å². The van der Waals surface area contributed by atoms with Crippen LogP contribution in [0, 0.1) is 0 Å². The Morgan fingerprint density at radius 1 is 1.21 bits per heavy atom. The molecule has 1 aromatic carbocycles. The first-order valence-electron chi connectivity index (χ1n) is 7.06. The van der Waals surface area contributed by atoms with Gasteiger partial charge in [0.25, 0.3) is 5.24 Å². The molecule has 3 amide bonds. The molecule has 122 valence electrons. The van der Waals surface area contributed by atoms with E-state index in [1.807, 2.05) is 0 Å². The van der Waals surface area contributed by atoms with Gasteiger partial charge in [-0.05, 0) is 36.0 Å². The summed E-state index contributed by atoms with van der Waals surface area (Å²) >= 11 is 6.73. The molecule has 2 heterocycles. The summed E-state index contributed by atoms with van der Waals surface area (Å²) in [5, 5.41) is 1.62. The van der Waals surface area contributed by atoms with Gasteiger partial charge in [-0.2, -0.15) is 0 Å². The minimum atomic E-state index is -0.756. The Hall–Kier alpha value is -2.38. The Bertz CT molecular complexity index is 800. The van der Waals surface area contributed by atoms with Gasteiger partial charge in [0.05, 0.1) is 11.4 Å². The molecule has 1 fully saturated rings. The number of halogens is 1. The number of hydrogen-bond donors (Lipinski definition) is 1. The summed E-state index contributed by atoms with van der Waals surface area (Å²) in [5.41, 5.74) is 0.865. The lowest BCUT2D eigenvalue weighted by Crippen LogP contribution is -2.32. The number of thioether (sulfide) groups is 1. The Kier molecular flexibility index (Phi) is 4.82. The van der Waals surface area contributed by atoms with Gasteiger partial charge >= 0.3 is 0 Å². The van der Waals surface area contributed by atoms with Crippen molar-refractivity contribution >= 4 is 51.8 Å². The Balaban J connectivity index is 1.68. The highest BCUT2D eigenvalue weighted by atomic mass is 35.5. The molecule has 1 N–H and O–H groups in total. The maximum Gasteiger partial charge on any atom is 0.293 e. The summed E-state index contributed by atoms with van der Waals surface area (Å²) in [6, 6.07) is 11.9. The number of para-hydroxylation sites is 1. The van der Waals surface area contributed by atoms with E-state index in [0.29, 0.717) is 11.4 Å². The smallest absolute Gasteiger partial charge is 0.293 e. The van der Waals surface area contributed by atoms with Crippen LogP contribution in [0.5, 0.6) is 0 Å². The molecule has 0 aliphatic carbocycles. The number of nitrogens with zero attached hydrogens (tertiary/aromatic N) is 2. The van der Waals surface area contributed by atoms with Crippen molar-refractivity contribution < 1.29 is 14.4 Å². The largest absolute Gasteiger partial charge is 0.323 e. The zero-order valence-electron chi connectivity index (χ0n) is 12.3. The fraction of sp³-hybridized carbons (Fsp3) is 0.125. The van der Waals surface area contributed by atoms with Gasteiger partial charge in [-0.1, -0.05) is 29.8 Å². The van der Waals surface area contributed by atoms with E-state index in [1.165, 1.54) is 6.20 Å². The molecule has 0 unspecified atom stereocenters. The molecule has 0 radical (unpaired) electrons. The van der Waals surface area contributed by atoms with Crippen molar-refractivity contribution in [1.82, 2.24) is 4.98 Å². The number of anilines is 2. The lowest BCUT2D eigenvalue weighted by atomic mass is 10.2. The summed E-state index contributed by atoms with van der Waals surface area (Å²) in [7, 11) is 0. The quantitative estimate of drug-likeness (QED) is 0.845. The number of amides is 3.